The van der Waals surface area contributed by atoms with Gasteiger partial charge in [0.1, 0.15) is 0 Å². The molecule has 0 spiro atoms. The van der Waals surface area contributed by atoms with E-state index in [-0.39, 0.29) is 14.6 Å². The molecule has 0 unspecified atom stereocenters. The third-order valence-corrected chi connectivity index (χ3v) is 5.02. The SMILES string of the molecule is c1cc2c(c(NCCC3CCCCC3)c1)N=[Se]=N2. The predicted octanol–water partition coefficient (Wildman–Crippen LogP) is 4.42. The average Bonchev–Trinajstić information content (AvgIpc) is 2.89. The summed E-state index contributed by atoms with van der Waals surface area (Å²) >= 11 is 0.0729. The van der Waals surface area contributed by atoms with Crippen LogP contribution in [0.25, 0.3) is 0 Å². The Kier molecular flexibility index (Phi) is 3.96. The number of hydrogen-bond donors (Lipinski definition) is 1. The van der Waals surface area contributed by atoms with Crippen molar-refractivity contribution in [3.05, 3.63) is 18.2 Å². The fourth-order valence-electron chi connectivity index (χ4n) is 2.84. The summed E-state index contributed by atoms with van der Waals surface area (Å²) in [5.41, 5.74) is 3.32. The van der Waals surface area contributed by atoms with Gasteiger partial charge in [-0.3, -0.25) is 0 Å². The third kappa shape index (κ3) is 2.76. The van der Waals surface area contributed by atoms with E-state index in [9.17, 15) is 0 Å². The van der Waals surface area contributed by atoms with Gasteiger partial charge in [0, 0.05) is 0 Å². The summed E-state index contributed by atoms with van der Waals surface area (Å²) < 4.78 is 8.91. The molecule has 1 aromatic rings. The van der Waals surface area contributed by atoms with Gasteiger partial charge in [0.2, 0.25) is 0 Å². The Morgan fingerprint density at radius 2 is 2.06 bits per heavy atom. The van der Waals surface area contributed by atoms with E-state index in [1.54, 1.807) is 0 Å². The van der Waals surface area contributed by atoms with E-state index in [0.29, 0.717) is 0 Å². The number of fused-ring (bicyclic) bond motifs is 1. The van der Waals surface area contributed by atoms with Gasteiger partial charge < -0.3 is 0 Å². The van der Waals surface area contributed by atoms with Crippen molar-refractivity contribution in [2.45, 2.75) is 38.5 Å². The molecule has 1 N–H and O–H groups in total. The standard InChI is InChI=1S/C14H19N3Se/c1-2-5-11(6-3-1)9-10-15-12-7-4-8-13-14(12)17-18-16-13/h4,7-8,11,15H,1-3,5-6,9-10H2. The monoisotopic (exact) mass is 309 g/mol. The Bertz CT molecular complexity index is 486. The number of nitrogens with one attached hydrogen (secondary N) is 1. The van der Waals surface area contributed by atoms with Crippen LogP contribution in [-0.4, -0.2) is 21.1 Å². The number of benzene rings is 1. The van der Waals surface area contributed by atoms with Crippen molar-refractivity contribution in [3.63, 3.8) is 0 Å². The summed E-state index contributed by atoms with van der Waals surface area (Å²) in [6, 6.07) is 6.25. The first-order valence-corrected chi connectivity index (χ1v) is 8.42. The molecular weight excluding hydrogens is 289 g/mol. The number of hydrogen-bond acceptors (Lipinski definition) is 3. The second-order valence-electron chi connectivity index (χ2n) is 5.16. The molecule has 3 rings (SSSR count). The predicted molar refractivity (Wildman–Crippen MR) is 76.1 cm³/mol. The van der Waals surface area contributed by atoms with Crippen molar-refractivity contribution < 1.29 is 0 Å². The van der Waals surface area contributed by atoms with Crippen LogP contribution >= 0.6 is 0 Å². The van der Waals surface area contributed by atoms with Crippen LogP contribution in [0.4, 0.5) is 17.1 Å². The molecule has 1 heterocycles. The summed E-state index contributed by atoms with van der Waals surface area (Å²) in [5.74, 6) is 0.939. The third-order valence-electron chi connectivity index (χ3n) is 3.88. The number of rotatable bonds is 4. The molecule has 0 saturated heterocycles. The van der Waals surface area contributed by atoms with Crippen molar-refractivity contribution in [1.82, 2.24) is 0 Å². The Hall–Kier alpha value is -0.861. The molecule has 3 nitrogen and oxygen atoms in total. The quantitative estimate of drug-likeness (QED) is 0.834. The molecule has 1 aromatic carbocycles. The van der Waals surface area contributed by atoms with Gasteiger partial charge in [-0.15, -0.1) is 0 Å². The first kappa shape index (κ1) is 12.2. The molecule has 0 atom stereocenters. The second-order valence-corrected chi connectivity index (χ2v) is 6.27. The van der Waals surface area contributed by atoms with E-state index in [4.69, 9.17) is 0 Å². The van der Waals surface area contributed by atoms with Crippen LogP contribution in [0, 0.1) is 5.92 Å². The fraction of sp³-hybridized carbons (Fsp3) is 0.571. The fourth-order valence-corrected chi connectivity index (χ4v) is 3.99. The minimum atomic E-state index is 0.0729. The molecule has 1 fully saturated rings. The minimum absolute atomic E-state index is 0.0729. The van der Waals surface area contributed by atoms with Gasteiger partial charge in [0.25, 0.3) is 0 Å². The first-order valence-electron chi connectivity index (χ1n) is 6.88. The van der Waals surface area contributed by atoms with Crippen molar-refractivity contribution >= 4 is 31.6 Å². The first-order chi connectivity index (χ1) is 8.93. The van der Waals surface area contributed by atoms with Gasteiger partial charge in [-0.25, -0.2) is 0 Å². The molecule has 18 heavy (non-hydrogen) atoms. The van der Waals surface area contributed by atoms with Gasteiger partial charge in [0.15, 0.2) is 0 Å². The molecule has 2 aliphatic rings. The van der Waals surface area contributed by atoms with Gasteiger partial charge in [0.05, 0.1) is 0 Å². The van der Waals surface area contributed by atoms with E-state index in [0.717, 1.165) is 23.8 Å². The topological polar surface area (TPSA) is 36.8 Å². The van der Waals surface area contributed by atoms with Crippen LogP contribution in [-0.2, 0) is 0 Å². The van der Waals surface area contributed by atoms with Gasteiger partial charge in [-0.2, -0.15) is 0 Å². The number of anilines is 1. The zero-order valence-electron chi connectivity index (χ0n) is 10.6. The van der Waals surface area contributed by atoms with E-state index in [1.165, 1.54) is 44.2 Å². The summed E-state index contributed by atoms with van der Waals surface area (Å²) in [5, 5.41) is 3.55. The van der Waals surface area contributed by atoms with Crippen LogP contribution in [0.3, 0.4) is 0 Å². The summed E-state index contributed by atoms with van der Waals surface area (Å²) in [6.45, 7) is 1.07. The van der Waals surface area contributed by atoms with Crippen LogP contribution in [0.1, 0.15) is 38.5 Å². The van der Waals surface area contributed by atoms with Crippen molar-refractivity contribution in [2.75, 3.05) is 11.9 Å². The molecule has 0 amide bonds. The second kappa shape index (κ2) is 5.85. The summed E-state index contributed by atoms with van der Waals surface area (Å²) in [4.78, 5) is 0. The summed E-state index contributed by atoms with van der Waals surface area (Å²) in [7, 11) is 0. The van der Waals surface area contributed by atoms with Crippen LogP contribution in [0.2, 0.25) is 0 Å². The molecule has 4 heteroatoms. The molecule has 96 valence electrons. The van der Waals surface area contributed by atoms with Crippen molar-refractivity contribution in [3.8, 4) is 0 Å². The van der Waals surface area contributed by atoms with Crippen LogP contribution in [0.5, 0.6) is 0 Å². The molecule has 0 radical (unpaired) electrons. The molecule has 1 aliphatic carbocycles. The normalized spacial score (nSPS) is 18.4. The van der Waals surface area contributed by atoms with Gasteiger partial charge in [-0.05, 0) is 0 Å². The summed E-state index contributed by atoms with van der Waals surface area (Å²) in [6.07, 6.45) is 8.46. The average molecular weight is 308 g/mol. The van der Waals surface area contributed by atoms with E-state index in [2.05, 4.69) is 31.4 Å². The van der Waals surface area contributed by atoms with E-state index >= 15 is 0 Å². The Morgan fingerprint density at radius 3 is 2.94 bits per heavy atom. The molecule has 0 bridgehead atoms. The zero-order valence-corrected chi connectivity index (χ0v) is 12.3. The van der Waals surface area contributed by atoms with Gasteiger partial charge >= 0.3 is 114 Å². The van der Waals surface area contributed by atoms with Crippen LogP contribution in [0.15, 0.2) is 26.1 Å². The van der Waals surface area contributed by atoms with E-state index < -0.39 is 0 Å². The van der Waals surface area contributed by atoms with Crippen LogP contribution < -0.4 is 5.32 Å². The number of nitrogens with zero attached hydrogens (tertiary/aromatic N) is 2. The Morgan fingerprint density at radius 1 is 1.17 bits per heavy atom. The van der Waals surface area contributed by atoms with Crippen molar-refractivity contribution in [1.29, 1.82) is 0 Å². The van der Waals surface area contributed by atoms with Crippen molar-refractivity contribution in [2.24, 2.45) is 13.8 Å². The van der Waals surface area contributed by atoms with Gasteiger partial charge in [-0.1, -0.05) is 0 Å². The molecule has 1 aliphatic heterocycles. The Balaban J connectivity index is 1.54. The van der Waals surface area contributed by atoms with E-state index in [1.807, 2.05) is 0 Å². The molecule has 1 saturated carbocycles. The maximum atomic E-state index is 4.50. The molecular formula is C14H19N3Se. The molecule has 0 aromatic heterocycles. The Labute approximate surface area is 114 Å². The zero-order chi connectivity index (χ0) is 12.2. The maximum absolute atomic E-state index is 4.50.